The molecule has 0 saturated heterocycles. The van der Waals surface area contributed by atoms with Crippen LogP contribution >= 0.6 is 23.2 Å². The Morgan fingerprint density at radius 1 is 1.25 bits per heavy atom. The van der Waals surface area contributed by atoms with E-state index in [0.29, 0.717) is 15.6 Å². The fourth-order valence-corrected chi connectivity index (χ4v) is 1.83. The largest absolute Gasteiger partial charge is 0.463 e. The van der Waals surface area contributed by atoms with Gasteiger partial charge >= 0.3 is 11.9 Å². The zero-order chi connectivity index (χ0) is 15.1. The van der Waals surface area contributed by atoms with Gasteiger partial charge in [0, 0.05) is 17.0 Å². The van der Waals surface area contributed by atoms with Crippen LogP contribution in [0.5, 0.6) is 0 Å². The fraction of sp³-hybridized carbons (Fsp3) is 0.286. The van der Waals surface area contributed by atoms with Gasteiger partial charge in [-0.05, 0) is 30.7 Å². The summed E-state index contributed by atoms with van der Waals surface area (Å²) in [5, 5.41) is 0.881. The number of ether oxygens (including phenoxy) is 2. The summed E-state index contributed by atoms with van der Waals surface area (Å²) < 4.78 is 9.73. The molecular weight excluding hydrogens is 303 g/mol. The first-order valence-corrected chi connectivity index (χ1v) is 6.65. The van der Waals surface area contributed by atoms with Crippen molar-refractivity contribution < 1.29 is 19.1 Å². The van der Waals surface area contributed by atoms with Crippen molar-refractivity contribution >= 4 is 41.2 Å². The summed E-state index contributed by atoms with van der Waals surface area (Å²) in [4.78, 5) is 22.6. The SMILES string of the molecule is CCOC(=O)/C(=C\c1ccc(Cl)cc1Cl)COC(C)=O. The van der Waals surface area contributed by atoms with E-state index in [2.05, 4.69) is 0 Å². The van der Waals surface area contributed by atoms with Gasteiger partial charge in [-0.1, -0.05) is 29.3 Å². The molecule has 0 atom stereocenters. The van der Waals surface area contributed by atoms with E-state index >= 15 is 0 Å². The maximum atomic E-state index is 11.8. The summed E-state index contributed by atoms with van der Waals surface area (Å²) in [6.45, 7) is 3.01. The number of hydrogen-bond acceptors (Lipinski definition) is 4. The number of carbonyl (C=O) groups excluding carboxylic acids is 2. The van der Waals surface area contributed by atoms with Gasteiger partial charge in [0.05, 0.1) is 12.2 Å². The van der Waals surface area contributed by atoms with Crippen molar-refractivity contribution in [2.75, 3.05) is 13.2 Å². The van der Waals surface area contributed by atoms with Crippen LogP contribution in [0, 0.1) is 0 Å². The van der Waals surface area contributed by atoms with Crippen LogP contribution < -0.4 is 0 Å². The summed E-state index contributed by atoms with van der Waals surface area (Å²) in [6.07, 6.45) is 1.51. The van der Waals surface area contributed by atoms with Crippen LogP contribution in [0.15, 0.2) is 23.8 Å². The van der Waals surface area contributed by atoms with Gasteiger partial charge < -0.3 is 9.47 Å². The molecule has 0 aliphatic heterocycles. The Hall–Kier alpha value is -1.52. The molecule has 0 fully saturated rings. The van der Waals surface area contributed by atoms with E-state index < -0.39 is 11.9 Å². The van der Waals surface area contributed by atoms with Gasteiger partial charge in [0.1, 0.15) is 6.61 Å². The standard InChI is InChI=1S/C14H14Cl2O4/c1-3-19-14(18)11(8-20-9(2)17)6-10-4-5-12(15)7-13(10)16/h4-7H,3,8H2,1-2H3/b11-6-. The third-order valence-electron chi connectivity index (χ3n) is 2.26. The van der Waals surface area contributed by atoms with Crippen LogP contribution in [-0.2, 0) is 19.1 Å². The molecule has 1 aromatic carbocycles. The number of hydrogen-bond donors (Lipinski definition) is 0. The van der Waals surface area contributed by atoms with E-state index in [1.54, 1.807) is 25.1 Å². The molecule has 20 heavy (non-hydrogen) atoms. The maximum absolute atomic E-state index is 11.8. The lowest BCUT2D eigenvalue weighted by Crippen LogP contribution is -2.14. The molecule has 0 aliphatic carbocycles. The lowest BCUT2D eigenvalue weighted by Gasteiger charge is -2.08. The maximum Gasteiger partial charge on any atom is 0.337 e. The molecular formula is C14H14Cl2O4. The van der Waals surface area contributed by atoms with E-state index in [9.17, 15) is 9.59 Å². The highest BCUT2D eigenvalue weighted by Gasteiger charge is 2.13. The van der Waals surface area contributed by atoms with Gasteiger partial charge in [-0.2, -0.15) is 0 Å². The summed E-state index contributed by atoms with van der Waals surface area (Å²) in [5.41, 5.74) is 0.789. The van der Waals surface area contributed by atoms with Gasteiger partial charge in [-0.25, -0.2) is 4.79 Å². The zero-order valence-electron chi connectivity index (χ0n) is 11.1. The van der Waals surface area contributed by atoms with Gasteiger partial charge in [0.2, 0.25) is 0 Å². The molecule has 0 aliphatic rings. The molecule has 0 amide bonds. The van der Waals surface area contributed by atoms with Gasteiger partial charge in [0.15, 0.2) is 0 Å². The zero-order valence-corrected chi connectivity index (χ0v) is 12.6. The summed E-state index contributed by atoms with van der Waals surface area (Å²) in [5.74, 6) is -1.04. The monoisotopic (exact) mass is 316 g/mol. The fourth-order valence-electron chi connectivity index (χ4n) is 1.37. The number of benzene rings is 1. The second kappa shape index (κ2) is 7.92. The van der Waals surface area contributed by atoms with Crippen molar-refractivity contribution in [3.63, 3.8) is 0 Å². The van der Waals surface area contributed by atoms with Crippen LogP contribution in [-0.4, -0.2) is 25.2 Å². The summed E-state index contributed by atoms with van der Waals surface area (Å²) in [6, 6.07) is 4.87. The van der Waals surface area contributed by atoms with Crippen molar-refractivity contribution in [2.45, 2.75) is 13.8 Å². The molecule has 0 heterocycles. The van der Waals surface area contributed by atoms with Crippen LogP contribution in [0.1, 0.15) is 19.4 Å². The average molecular weight is 317 g/mol. The van der Waals surface area contributed by atoms with Crippen molar-refractivity contribution in [1.82, 2.24) is 0 Å². The second-order valence-electron chi connectivity index (χ2n) is 3.84. The molecule has 0 unspecified atom stereocenters. The van der Waals surface area contributed by atoms with Crippen LogP contribution in [0.25, 0.3) is 6.08 Å². The van der Waals surface area contributed by atoms with Crippen molar-refractivity contribution in [3.05, 3.63) is 39.4 Å². The normalized spacial score (nSPS) is 11.1. The highest BCUT2D eigenvalue weighted by Crippen LogP contribution is 2.23. The summed E-state index contributed by atoms with van der Waals surface area (Å²) >= 11 is 11.8. The first kappa shape index (κ1) is 16.5. The lowest BCUT2D eigenvalue weighted by molar-refractivity contribution is -0.142. The molecule has 108 valence electrons. The topological polar surface area (TPSA) is 52.6 Å². The van der Waals surface area contributed by atoms with Crippen LogP contribution in [0.2, 0.25) is 10.0 Å². The molecule has 1 aromatic rings. The van der Waals surface area contributed by atoms with E-state index in [4.69, 9.17) is 32.7 Å². The van der Waals surface area contributed by atoms with Crippen LogP contribution in [0.4, 0.5) is 0 Å². The third-order valence-corrected chi connectivity index (χ3v) is 2.82. The van der Waals surface area contributed by atoms with E-state index in [-0.39, 0.29) is 18.8 Å². The smallest absolute Gasteiger partial charge is 0.337 e. The van der Waals surface area contributed by atoms with E-state index in [0.717, 1.165) is 0 Å². The molecule has 0 radical (unpaired) electrons. The van der Waals surface area contributed by atoms with E-state index in [1.165, 1.54) is 13.0 Å². The number of carbonyl (C=O) groups is 2. The highest BCUT2D eigenvalue weighted by molar-refractivity contribution is 6.35. The summed E-state index contributed by atoms with van der Waals surface area (Å²) in [7, 11) is 0. The third kappa shape index (κ3) is 5.23. The quantitative estimate of drug-likeness (QED) is 0.616. The van der Waals surface area contributed by atoms with Crippen molar-refractivity contribution in [2.24, 2.45) is 0 Å². The Morgan fingerprint density at radius 3 is 2.50 bits per heavy atom. The molecule has 0 saturated carbocycles. The molecule has 4 nitrogen and oxygen atoms in total. The number of esters is 2. The Labute approximate surface area is 127 Å². The molecule has 1 rings (SSSR count). The minimum atomic E-state index is -0.556. The van der Waals surface area contributed by atoms with Gasteiger partial charge in [-0.15, -0.1) is 0 Å². The first-order valence-electron chi connectivity index (χ1n) is 5.90. The van der Waals surface area contributed by atoms with Crippen LogP contribution in [0.3, 0.4) is 0 Å². The van der Waals surface area contributed by atoms with Crippen molar-refractivity contribution in [3.8, 4) is 0 Å². The minimum Gasteiger partial charge on any atom is -0.463 e. The number of halogens is 2. The molecule has 6 heteroatoms. The molecule has 0 bridgehead atoms. The lowest BCUT2D eigenvalue weighted by atomic mass is 10.1. The van der Waals surface area contributed by atoms with Crippen molar-refractivity contribution in [1.29, 1.82) is 0 Å². The Bertz CT molecular complexity index is 538. The van der Waals surface area contributed by atoms with E-state index in [1.807, 2.05) is 0 Å². The predicted molar refractivity (Wildman–Crippen MR) is 77.7 cm³/mol. The molecule has 0 N–H and O–H groups in total. The predicted octanol–water partition coefficient (Wildman–Crippen LogP) is 3.50. The average Bonchev–Trinajstić information content (AvgIpc) is 2.36. The van der Waals surface area contributed by atoms with Gasteiger partial charge in [-0.3, -0.25) is 4.79 Å². The molecule has 0 aromatic heterocycles. The minimum absolute atomic E-state index is 0.173. The number of rotatable bonds is 5. The molecule has 0 spiro atoms. The highest BCUT2D eigenvalue weighted by atomic mass is 35.5. The Morgan fingerprint density at radius 2 is 1.95 bits per heavy atom. The first-order chi connectivity index (χ1) is 9.43. The second-order valence-corrected chi connectivity index (χ2v) is 4.68. The Kier molecular flexibility index (Phi) is 6.55. The van der Waals surface area contributed by atoms with Gasteiger partial charge in [0.25, 0.3) is 0 Å². The Balaban J connectivity index is 3.04.